The zero-order valence-electron chi connectivity index (χ0n) is 11.7. The number of nitrogen functional groups attached to an aromatic ring is 1. The van der Waals surface area contributed by atoms with Gasteiger partial charge < -0.3 is 15.7 Å². The van der Waals surface area contributed by atoms with Crippen molar-refractivity contribution in [2.24, 2.45) is 0 Å². The molecule has 0 bridgehead atoms. The lowest BCUT2D eigenvalue weighted by Gasteiger charge is -2.36. The molecule has 0 spiro atoms. The van der Waals surface area contributed by atoms with Gasteiger partial charge in [-0.15, -0.1) is 0 Å². The van der Waals surface area contributed by atoms with Gasteiger partial charge >= 0.3 is 0 Å². The zero-order chi connectivity index (χ0) is 14.8. The van der Waals surface area contributed by atoms with Gasteiger partial charge in [0.25, 0.3) is 5.91 Å². The van der Waals surface area contributed by atoms with Crippen molar-refractivity contribution >= 4 is 11.6 Å². The quantitative estimate of drug-likeness (QED) is 0.826. The lowest BCUT2D eigenvalue weighted by Crippen LogP contribution is -2.46. The van der Waals surface area contributed by atoms with E-state index in [2.05, 4.69) is 6.07 Å². The fourth-order valence-electron chi connectivity index (χ4n) is 2.83. The molecule has 0 radical (unpaired) electrons. The maximum absolute atomic E-state index is 12.7. The van der Waals surface area contributed by atoms with Crippen LogP contribution >= 0.6 is 0 Å². The lowest BCUT2D eigenvalue weighted by molar-refractivity contribution is 0.0544. The minimum absolute atomic E-state index is 0.0393. The molecule has 1 aliphatic heterocycles. The van der Waals surface area contributed by atoms with Crippen molar-refractivity contribution in [1.82, 2.24) is 4.90 Å². The first-order chi connectivity index (χ1) is 10.2. The van der Waals surface area contributed by atoms with Gasteiger partial charge in [-0.3, -0.25) is 4.79 Å². The highest BCUT2D eigenvalue weighted by atomic mass is 16.3. The molecule has 1 unspecified atom stereocenters. The molecule has 1 aliphatic rings. The van der Waals surface area contributed by atoms with E-state index in [9.17, 15) is 9.90 Å². The standard InChI is InChI=1S/C17H18N2O2/c18-15-7-3-6-13(8-15)17(21)19-10-14-5-2-1-4-12(14)9-16(19)11-20/h1-8,16,20H,9-11,18H2. The monoisotopic (exact) mass is 282 g/mol. The van der Waals surface area contributed by atoms with Gasteiger partial charge in [0.1, 0.15) is 0 Å². The van der Waals surface area contributed by atoms with E-state index in [1.165, 1.54) is 5.56 Å². The Hall–Kier alpha value is -2.33. The van der Waals surface area contributed by atoms with Gasteiger partial charge in [0.2, 0.25) is 0 Å². The van der Waals surface area contributed by atoms with E-state index in [0.29, 0.717) is 24.2 Å². The highest BCUT2D eigenvalue weighted by Gasteiger charge is 2.29. The van der Waals surface area contributed by atoms with E-state index >= 15 is 0 Å². The molecule has 0 aliphatic carbocycles. The Labute approximate surface area is 123 Å². The Kier molecular flexibility index (Phi) is 3.62. The minimum atomic E-state index is -0.186. The van der Waals surface area contributed by atoms with Crippen LogP contribution in [-0.4, -0.2) is 28.6 Å². The van der Waals surface area contributed by atoms with Crippen LogP contribution in [0, 0.1) is 0 Å². The Morgan fingerprint density at radius 1 is 1.19 bits per heavy atom. The fraction of sp³-hybridized carbons (Fsp3) is 0.235. The predicted molar refractivity (Wildman–Crippen MR) is 81.7 cm³/mol. The van der Waals surface area contributed by atoms with Crippen molar-refractivity contribution in [3.05, 3.63) is 65.2 Å². The van der Waals surface area contributed by atoms with E-state index in [-0.39, 0.29) is 18.6 Å². The summed E-state index contributed by atoms with van der Waals surface area (Å²) < 4.78 is 0. The molecular formula is C17H18N2O2. The van der Waals surface area contributed by atoms with Crippen LogP contribution in [0.25, 0.3) is 0 Å². The molecule has 4 nitrogen and oxygen atoms in total. The van der Waals surface area contributed by atoms with Gasteiger partial charge in [0, 0.05) is 17.8 Å². The third-order valence-electron chi connectivity index (χ3n) is 3.96. The molecule has 0 aromatic heterocycles. The zero-order valence-corrected chi connectivity index (χ0v) is 11.7. The van der Waals surface area contributed by atoms with Crippen molar-refractivity contribution in [2.45, 2.75) is 19.0 Å². The maximum Gasteiger partial charge on any atom is 0.254 e. The number of aliphatic hydroxyl groups is 1. The largest absolute Gasteiger partial charge is 0.399 e. The van der Waals surface area contributed by atoms with Crippen LogP contribution in [0.5, 0.6) is 0 Å². The van der Waals surface area contributed by atoms with E-state index in [4.69, 9.17) is 5.73 Å². The number of anilines is 1. The summed E-state index contributed by atoms with van der Waals surface area (Å²) in [4.78, 5) is 14.4. The second-order valence-corrected chi connectivity index (χ2v) is 5.37. The molecule has 0 saturated carbocycles. The second kappa shape index (κ2) is 5.58. The molecule has 3 N–H and O–H groups in total. The third kappa shape index (κ3) is 2.62. The molecule has 2 aromatic carbocycles. The summed E-state index contributed by atoms with van der Waals surface area (Å²) in [6.45, 7) is 0.484. The van der Waals surface area contributed by atoms with Crippen LogP contribution in [0.3, 0.4) is 0 Å². The van der Waals surface area contributed by atoms with Gasteiger partial charge in [0.05, 0.1) is 12.6 Å². The summed E-state index contributed by atoms with van der Waals surface area (Å²) in [6.07, 6.45) is 0.681. The van der Waals surface area contributed by atoms with Crippen molar-refractivity contribution in [3.8, 4) is 0 Å². The van der Waals surface area contributed by atoms with Crippen molar-refractivity contribution < 1.29 is 9.90 Å². The number of nitrogens with two attached hydrogens (primary N) is 1. The molecule has 0 fully saturated rings. The molecule has 4 heteroatoms. The maximum atomic E-state index is 12.7. The van der Waals surface area contributed by atoms with Crippen molar-refractivity contribution in [3.63, 3.8) is 0 Å². The van der Waals surface area contributed by atoms with E-state index in [1.54, 1.807) is 29.2 Å². The van der Waals surface area contributed by atoms with E-state index < -0.39 is 0 Å². The fourth-order valence-corrected chi connectivity index (χ4v) is 2.83. The second-order valence-electron chi connectivity index (χ2n) is 5.37. The van der Waals surface area contributed by atoms with Gasteiger partial charge in [-0.1, -0.05) is 30.3 Å². The molecule has 1 heterocycles. The molecule has 1 amide bonds. The first-order valence-electron chi connectivity index (χ1n) is 7.03. The Morgan fingerprint density at radius 3 is 2.67 bits per heavy atom. The van der Waals surface area contributed by atoms with Crippen LogP contribution in [0.1, 0.15) is 21.5 Å². The van der Waals surface area contributed by atoms with Crippen LogP contribution in [-0.2, 0) is 13.0 Å². The number of fused-ring (bicyclic) bond motifs is 1. The number of carbonyl (C=O) groups is 1. The Balaban J connectivity index is 1.92. The summed E-state index contributed by atoms with van der Waals surface area (Å²) >= 11 is 0. The number of amides is 1. The first kappa shape index (κ1) is 13.6. The average Bonchev–Trinajstić information content (AvgIpc) is 2.53. The predicted octanol–water partition coefficient (Wildman–Crippen LogP) is 1.83. The van der Waals surface area contributed by atoms with E-state index in [0.717, 1.165) is 5.56 Å². The number of hydrogen-bond donors (Lipinski definition) is 2. The number of aliphatic hydroxyl groups excluding tert-OH is 1. The van der Waals surface area contributed by atoms with Crippen LogP contribution in [0.15, 0.2) is 48.5 Å². The highest BCUT2D eigenvalue weighted by molar-refractivity contribution is 5.95. The number of benzene rings is 2. The normalized spacial score (nSPS) is 17.4. The van der Waals surface area contributed by atoms with Crippen molar-refractivity contribution in [2.75, 3.05) is 12.3 Å². The summed E-state index contributed by atoms with van der Waals surface area (Å²) in [6, 6.07) is 14.8. The minimum Gasteiger partial charge on any atom is -0.399 e. The Morgan fingerprint density at radius 2 is 1.95 bits per heavy atom. The number of carbonyl (C=O) groups excluding carboxylic acids is 1. The van der Waals surface area contributed by atoms with Crippen LogP contribution in [0.2, 0.25) is 0 Å². The Bertz CT molecular complexity index is 669. The lowest BCUT2D eigenvalue weighted by atomic mass is 9.93. The smallest absolute Gasteiger partial charge is 0.254 e. The summed E-state index contributed by atoms with van der Waals surface area (Å²) in [5, 5.41) is 9.62. The van der Waals surface area contributed by atoms with Gasteiger partial charge in [-0.2, -0.15) is 0 Å². The summed E-state index contributed by atoms with van der Waals surface area (Å²) in [5.41, 5.74) is 9.22. The van der Waals surface area contributed by atoms with Crippen molar-refractivity contribution in [1.29, 1.82) is 0 Å². The number of rotatable bonds is 2. The van der Waals surface area contributed by atoms with Crippen LogP contribution < -0.4 is 5.73 Å². The molecule has 2 aromatic rings. The summed E-state index contributed by atoms with van der Waals surface area (Å²) in [7, 11) is 0. The molecule has 0 saturated heterocycles. The highest BCUT2D eigenvalue weighted by Crippen LogP contribution is 2.25. The molecule has 1 atom stereocenters. The van der Waals surface area contributed by atoms with E-state index in [1.807, 2.05) is 18.2 Å². The average molecular weight is 282 g/mol. The summed E-state index contributed by atoms with van der Waals surface area (Å²) in [5.74, 6) is -0.0872. The number of hydrogen-bond acceptors (Lipinski definition) is 3. The van der Waals surface area contributed by atoms with Gasteiger partial charge in [-0.05, 0) is 35.7 Å². The molecule has 21 heavy (non-hydrogen) atoms. The molecular weight excluding hydrogens is 264 g/mol. The molecule has 108 valence electrons. The third-order valence-corrected chi connectivity index (χ3v) is 3.96. The van der Waals surface area contributed by atoms with Crippen LogP contribution in [0.4, 0.5) is 5.69 Å². The topological polar surface area (TPSA) is 66.6 Å². The SMILES string of the molecule is Nc1cccc(C(=O)N2Cc3ccccc3CC2CO)c1. The number of nitrogens with zero attached hydrogens (tertiary/aromatic N) is 1. The van der Waals surface area contributed by atoms with Gasteiger partial charge in [-0.25, -0.2) is 0 Å². The molecule has 3 rings (SSSR count). The van der Waals surface area contributed by atoms with Gasteiger partial charge in [0.15, 0.2) is 0 Å². The first-order valence-corrected chi connectivity index (χ1v) is 7.03.